The summed E-state index contributed by atoms with van der Waals surface area (Å²) in [5.41, 5.74) is 4.13. The molecule has 0 atom stereocenters. The van der Waals surface area contributed by atoms with Crippen molar-refractivity contribution in [1.29, 1.82) is 0 Å². The van der Waals surface area contributed by atoms with Crippen molar-refractivity contribution < 1.29 is 51.6 Å². The number of ether oxygens (including phenoxy) is 2. The molecule has 0 spiro atoms. The van der Waals surface area contributed by atoms with Gasteiger partial charge in [0, 0.05) is 56.5 Å². The maximum absolute atomic E-state index is 6.57. The van der Waals surface area contributed by atoms with Crippen LogP contribution in [0.1, 0.15) is 0 Å². The summed E-state index contributed by atoms with van der Waals surface area (Å²) in [6.45, 7) is 1.97. The van der Waals surface area contributed by atoms with Crippen molar-refractivity contribution >= 4 is 17.4 Å². The van der Waals surface area contributed by atoms with Gasteiger partial charge in [0.2, 0.25) is 0 Å². The number of thioether (sulfide) groups is 1. The summed E-state index contributed by atoms with van der Waals surface area (Å²) in [5, 5.41) is 0. The third-order valence-corrected chi connectivity index (χ3v) is 7.49. The van der Waals surface area contributed by atoms with Crippen molar-refractivity contribution in [3.63, 3.8) is 0 Å². The molecule has 7 rings (SSSR count). The average molecular weight is 1020 g/mol. The van der Waals surface area contributed by atoms with Crippen LogP contribution in [0.15, 0.2) is 127 Å². The number of hydrogen-bond acceptors (Lipinski definition) is 6. The third-order valence-electron chi connectivity index (χ3n) is 6.76. The largest absolute Gasteiger partial charge is 4.00 e. The van der Waals surface area contributed by atoms with E-state index in [1.165, 1.54) is 0 Å². The molecule has 0 saturated carbocycles. The van der Waals surface area contributed by atoms with E-state index in [0.29, 0.717) is 23.0 Å². The van der Waals surface area contributed by atoms with Crippen molar-refractivity contribution in [3.8, 4) is 51.4 Å². The molecule has 248 valence electrons. The van der Waals surface area contributed by atoms with E-state index in [9.17, 15) is 0 Å². The molecule has 9 heteroatoms. The van der Waals surface area contributed by atoms with Crippen LogP contribution in [0.3, 0.4) is 0 Å². The Labute approximate surface area is 321 Å². The molecule has 0 saturated heterocycles. The molecule has 0 radical (unpaired) electrons. The minimum atomic E-state index is 0. The van der Waals surface area contributed by atoms with Crippen LogP contribution in [0.4, 0.5) is 5.69 Å². The first-order chi connectivity index (χ1) is 23.1. The predicted molar refractivity (Wildman–Crippen MR) is 185 cm³/mol. The minimum Gasteiger partial charge on any atom is -0.669 e. The zero-order valence-corrected chi connectivity index (χ0v) is 31.6. The summed E-state index contributed by atoms with van der Waals surface area (Å²) in [6, 6.07) is 47.3. The number of anilines is 1. The first-order valence-corrected chi connectivity index (χ1v) is 15.7. The average Bonchev–Trinajstić information content (AvgIpc) is 3.81. The van der Waals surface area contributed by atoms with Gasteiger partial charge in [-0.25, -0.2) is 24.2 Å². The number of pyridine rings is 1. The number of rotatable bonds is 8. The molecule has 0 bridgehead atoms. The molecular weight excluding hydrogens is 991 g/mol. The topological polar surface area (TPSA) is 42.8 Å². The third kappa shape index (κ3) is 10.3. The van der Waals surface area contributed by atoms with Gasteiger partial charge in [-0.2, -0.15) is 48.8 Å². The Kier molecular flexibility index (Phi) is 14.0. The fourth-order valence-electron chi connectivity index (χ4n) is 4.51. The molecular formula is C40H27N4O2Pt2S-3. The van der Waals surface area contributed by atoms with Gasteiger partial charge in [-0.15, -0.1) is 65.8 Å². The zero-order valence-electron chi connectivity index (χ0n) is 26.3. The Bertz CT molecular complexity index is 2030. The molecule has 49 heavy (non-hydrogen) atoms. The first-order valence-electron chi connectivity index (χ1n) is 14.5. The maximum Gasteiger partial charge on any atom is 4.00 e. The van der Waals surface area contributed by atoms with Crippen molar-refractivity contribution in [2.75, 3.05) is 18.2 Å². The van der Waals surface area contributed by atoms with Gasteiger partial charge in [0.1, 0.15) is 0 Å². The Morgan fingerprint density at radius 3 is 2.12 bits per heavy atom. The van der Waals surface area contributed by atoms with Crippen LogP contribution < -0.4 is 14.4 Å². The molecule has 0 N–H and O–H groups in total. The van der Waals surface area contributed by atoms with Crippen molar-refractivity contribution in [2.24, 2.45) is 0 Å². The normalized spacial score (nSPS) is 11.4. The van der Waals surface area contributed by atoms with Crippen molar-refractivity contribution in [1.82, 2.24) is 14.5 Å². The second-order valence-corrected chi connectivity index (χ2v) is 11.0. The maximum atomic E-state index is 6.57. The Morgan fingerprint density at radius 2 is 1.45 bits per heavy atom. The van der Waals surface area contributed by atoms with Crippen molar-refractivity contribution in [2.45, 2.75) is 4.90 Å². The van der Waals surface area contributed by atoms with Crippen LogP contribution in [-0.2, 0) is 42.1 Å². The van der Waals surface area contributed by atoms with E-state index in [4.69, 9.17) is 15.9 Å². The molecule has 6 nitrogen and oxygen atoms in total. The van der Waals surface area contributed by atoms with Crippen LogP contribution in [0.25, 0.3) is 22.4 Å². The van der Waals surface area contributed by atoms with Gasteiger partial charge < -0.3 is 35.2 Å². The van der Waals surface area contributed by atoms with Crippen LogP contribution in [0.5, 0.6) is 23.0 Å². The molecule has 6 aromatic rings. The smallest absolute Gasteiger partial charge is 0.669 e. The summed E-state index contributed by atoms with van der Waals surface area (Å²) < 4.78 is 13.7. The first kappa shape index (κ1) is 37.4. The van der Waals surface area contributed by atoms with Gasteiger partial charge in [-0.05, 0) is 37.8 Å². The van der Waals surface area contributed by atoms with Gasteiger partial charge in [-0.3, -0.25) is 11.1 Å². The summed E-state index contributed by atoms with van der Waals surface area (Å²) in [5.74, 6) is 2.43. The summed E-state index contributed by atoms with van der Waals surface area (Å²) in [4.78, 5) is 9.61. The van der Waals surface area contributed by atoms with E-state index < -0.39 is 0 Å². The van der Waals surface area contributed by atoms with E-state index in [-0.39, 0.29) is 42.1 Å². The van der Waals surface area contributed by atoms with Crippen LogP contribution in [0.2, 0.25) is 0 Å². The minimum absolute atomic E-state index is 0. The summed E-state index contributed by atoms with van der Waals surface area (Å²) in [6.07, 6.45) is 17.7. The molecule has 1 aliphatic heterocycles. The van der Waals surface area contributed by atoms with E-state index >= 15 is 0 Å². The fourth-order valence-corrected chi connectivity index (χ4v) is 4.94. The number of benzene rings is 4. The predicted octanol–water partition coefficient (Wildman–Crippen LogP) is 8.94. The molecule has 1 aliphatic rings. The number of nitrogens with zero attached hydrogens (tertiary/aromatic N) is 4. The molecule has 0 unspecified atom stereocenters. The van der Waals surface area contributed by atoms with Gasteiger partial charge in [0.25, 0.3) is 0 Å². The molecule has 0 fully saturated rings. The molecule has 2 aromatic heterocycles. The summed E-state index contributed by atoms with van der Waals surface area (Å²) >= 11 is 1.66. The van der Waals surface area contributed by atoms with E-state index in [1.54, 1.807) is 34.9 Å². The number of aromatic nitrogens is 2. The van der Waals surface area contributed by atoms with Gasteiger partial charge >= 0.3 is 21.1 Å². The van der Waals surface area contributed by atoms with Crippen LogP contribution in [0, 0.1) is 49.5 Å². The number of hydrogen-bond donors (Lipinski definition) is 0. The standard InChI is InChI=1S/C34H23N3O2S.C6H4N.2Pt/c1-36-17-18-37(24-36)28-9-5-12-31(22-28)38-30-11-4-8-27(20-30)34-21-26(15-16-35-34)25-7-3-10-29(19-25)39-32-13-6-14-33(23-32)40-2;1-2-7-5-3-4-6-7;;/h3-12,14,16-18,21,23-24H,1-2H3;3-6H;;/q-6;-1;;+4. The SMILES string of the molecule is CSc1cc[c-]c(Oc2[c-]c(-c3[c-]cnc(-c4[c-]c(Oc5[c-]c(N6C=CN(C)[CH-]6)ccc5)ccc4)c3)ccc2)c1.[C-]#Cn1cccc1.[Pt+4].[Pt]. The second-order valence-electron chi connectivity index (χ2n) is 10.1. The Hall–Kier alpha value is -4.46. The van der Waals surface area contributed by atoms with Gasteiger partial charge in [0.05, 0.1) is 0 Å². The molecule has 0 aliphatic carbocycles. The Balaban J connectivity index is 0.000000537. The second kappa shape index (κ2) is 18.3. The van der Waals surface area contributed by atoms with Crippen LogP contribution >= 0.6 is 11.8 Å². The van der Waals surface area contributed by atoms with Crippen molar-refractivity contribution in [3.05, 3.63) is 165 Å². The molecule has 4 aromatic carbocycles. The summed E-state index contributed by atoms with van der Waals surface area (Å²) in [7, 11) is 1.98. The van der Waals surface area contributed by atoms with E-state index in [2.05, 4.69) is 41.4 Å². The fraction of sp³-hybridized carbons (Fsp3) is 0.0500. The molecule has 0 amide bonds. The zero-order chi connectivity index (χ0) is 32.4. The van der Waals surface area contributed by atoms with E-state index in [1.807, 2.05) is 133 Å². The quantitative estimate of drug-likeness (QED) is 0.0863. The monoisotopic (exact) mass is 1020 g/mol. The van der Waals surface area contributed by atoms with E-state index in [0.717, 1.165) is 33.0 Å². The van der Waals surface area contributed by atoms with Gasteiger partial charge in [-0.1, -0.05) is 22.9 Å². The van der Waals surface area contributed by atoms with Crippen LogP contribution in [-0.4, -0.2) is 27.8 Å². The molecule has 3 heterocycles. The Morgan fingerprint density at radius 1 is 0.776 bits per heavy atom. The van der Waals surface area contributed by atoms with Gasteiger partial charge in [0.15, 0.2) is 0 Å².